The Labute approximate surface area is 119 Å². The molecule has 20 heavy (non-hydrogen) atoms. The summed E-state index contributed by atoms with van der Waals surface area (Å²) >= 11 is 0. The molecule has 108 valence electrons. The SMILES string of the molecule is C#CCOCCOCCOc1ccc(NC(C)=O)cc1. The van der Waals surface area contributed by atoms with Crippen LogP contribution in [0, 0.1) is 12.3 Å². The van der Waals surface area contributed by atoms with Crippen LogP contribution in [0.15, 0.2) is 24.3 Å². The van der Waals surface area contributed by atoms with Crippen molar-refractivity contribution in [2.24, 2.45) is 0 Å². The Morgan fingerprint density at radius 2 is 1.80 bits per heavy atom. The van der Waals surface area contributed by atoms with E-state index in [2.05, 4.69) is 11.2 Å². The van der Waals surface area contributed by atoms with Gasteiger partial charge in [-0.15, -0.1) is 6.42 Å². The predicted octanol–water partition coefficient (Wildman–Crippen LogP) is 1.69. The number of hydrogen-bond acceptors (Lipinski definition) is 4. The molecule has 0 atom stereocenters. The van der Waals surface area contributed by atoms with Crippen molar-refractivity contribution in [3.63, 3.8) is 0 Å². The quantitative estimate of drug-likeness (QED) is 0.551. The van der Waals surface area contributed by atoms with Crippen LogP contribution in [-0.4, -0.2) is 38.9 Å². The molecule has 1 rings (SSSR count). The lowest BCUT2D eigenvalue weighted by Crippen LogP contribution is -2.11. The fourth-order valence-corrected chi connectivity index (χ4v) is 1.41. The zero-order valence-corrected chi connectivity index (χ0v) is 11.6. The standard InChI is InChI=1S/C15H19NO4/c1-3-8-18-9-10-19-11-12-20-15-6-4-14(5-7-15)16-13(2)17/h1,4-7H,8-12H2,2H3,(H,16,17). The van der Waals surface area contributed by atoms with Crippen molar-refractivity contribution in [1.29, 1.82) is 0 Å². The third-order valence-electron chi connectivity index (χ3n) is 2.23. The first-order chi connectivity index (χ1) is 9.72. The predicted molar refractivity (Wildman–Crippen MR) is 76.7 cm³/mol. The first-order valence-electron chi connectivity index (χ1n) is 6.32. The first kappa shape index (κ1) is 16.0. The monoisotopic (exact) mass is 277 g/mol. The largest absolute Gasteiger partial charge is 0.491 e. The van der Waals surface area contributed by atoms with E-state index >= 15 is 0 Å². The first-order valence-corrected chi connectivity index (χ1v) is 6.32. The number of anilines is 1. The zero-order chi connectivity index (χ0) is 14.6. The molecular weight excluding hydrogens is 258 g/mol. The minimum absolute atomic E-state index is 0.0980. The molecule has 1 amide bonds. The van der Waals surface area contributed by atoms with Crippen LogP contribution in [0.4, 0.5) is 5.69 Å². The minimum Gasteiger partial charge on any atom is -0.491 e. The van der Waals surface area contributed by atoms with Crippen molar-refractivity contribution in [2.75, 3.05) is 38.4 Å². The molecule has 0 aliphatic carbocycles. The van der Waals surface area contributed by atoms with E-state index in [0.29, 0.717) is 33.0 Å². The molecule has 0 bridgehead atoms. The summed E-state index contributed by atoms with van der Waals surface area (Å²) in [6.45, 7) is 3.68. The van der Waals surface area contributed by atoms with Crippen LogP contribution in [0.2, 0.25) is 0 Å². The van der Waals surface area contributed by atoms with Gasteiger partial charge in [0.05, 0.1) is 19.8 Å². The van der Waals surface area contributed by atoms with Crippen molar-refractivity contribution in [3.05, 3.63) is 24.3 Å². The summed E-state index contributed by atoms with van der Waals surface area (Å²) in [5, 5.41) is 2.69. The van der Waals surface area contributed by atoms with Crippen LogP contribution >= 0.6 is 0 Å². The van der Waals surface area contributed by atoms with Gasteiger partial charge in [-0.2, -0.15) is 0 Å². The third-order valence-corrected chi connectivity index (χ3v) is 2.23. The lowest BCUT2D eigenvalue weighted by atomic mass is 10.3. The highest BCUT2D eigenvalue weighted by molar-refractivity contribution is 5.88. The average molecular weight is 277 g/mol. The molecule has 1 aromatic carbocycles. The van der Waals surface area contributed by atoms with Crippen molar-refractivity contribution in [3.8, 4) is 18.1 Å². The second-order valence-corrected chi connectivity index (χ2v) is 3.92. The Kier molecular flexibility index (Phi) is 7.89. The molecule has 0 fully saturated rings. The van der Waals surface area contributed by atoms with Crippen molar-refractivity contribution >= 4 is 11.6 Å². The molecule has 0 radical (unpaired) electrons. The highest BCUT2D eigenvalue weighted by atomic mass is 16.5. The summed E-state index contributed by atoms with van der Waals surface area (Å²) in [7, 11) is 0. The van der Waals surface area contributed by atoms with Crippen LogP contribution in [-0.2, 0) is 14.3 Å². The topological polar surface area (TPSA) is 56.8 Å². The summed E-state index contributed by atoms with van der Waals surface area (Å²) in [6.07, 6.45) is 5.03. The van der Waals surface area contributed by atoms with Crippen LogP contribution in [0.5, 0.6) is 5.75 Å². The molecule has 0 aliphatic heterocycles. The van der Waals surface area contributed by atoms with E-state index < -0.39 is 0 Å². The maximum atomic E-state index is 10.9. The molecule has 5 heteroatoms. The summed E-state index contributed by atoms with van der Waals surface area (Å²) in [5.74, 6) is 3.01. The van der Waals surface area contributed by atoms with Gasteiger partial charge in [0.1, 0.15) is 19.0 Å². The van der Waals surface area contributed by atoms with Crippen molar-refractivity contribution < 1.29 is 19.0 Å². The third kappa shape index (κ3) is 7.41. The zero-order valence-electron chi connectivity index (χ0n) is 11.6. The molecule has 0 aromatic heterocycles. The van der Waals surface area contributed by atoms with Gasteiger partial charge in [0.2, 0.25) is 5.91 Å². The van der Waals surface area contributed by atoms with E-state index in [-0.39, 0.29) is 5.91 Å². The van der Waals surface area contributed by atoms with Gasteiger partial charge < -0.3 is 19.5 Å². The fourth-order valence-electron chi connectivity index (χ4n) is 1.41. The van der Waals surface area contributed by atoms with Gasteiger partial charge in [0, 0.05) is 12.6 Å². The van der Waals surface area contributed by atoms with E-state index in [1.54, 1.807) is 24.3 Å². The van der Waals surface area contributed by atoms with E-state index in [4.69, 9.17) is 20.6 Å². The molecule has 1 N–H and O–H groups in total. The number of rotatable bonds is 9. The summed E-state index contributed by atoms with van der Waals surface area (Å²) in [5.41, 5.74) is 0.742. The average Bonchev–Trinajstić information content (AvgIpc) is 2.43. The number of ether oxygens (including phenoxy) is 3. The Hall–Kier alpha value is -2.03. The van der Waals surface area contributed by atoms with E-state index in [1.807, 2.05) is 0 Å². The van der Waals surface area contributed by atoms with Gasteiger partial charge in [0.15, 0.2) is 0 Å². The lowest BCUT2D eigenvalue weighted by Gasteiger charge is -2.08. The van der Waals surface area contributed by atoms with E-state index in [9.17, 15) is 4.79 Å². The number of nitrogens with one attached hydrogen (secondary N) is 1. The highest BCUT2D eigenvalue weighted by Crippen LogP contribution is 2.15. The number of terminal acetylenes is 1. The molecule has 0 saturated heterocycles. The molecule has 5 nitrogen and oxygen atoms in total. The second kappa shape index (κ2) is 9.84. The Morgan fingerprint density at radius 1 is 1.15 bits per heavy atom. The lowest BCUT2D eigenvalue weighted by molar-refractivity contribution is -0.114. The molecule has 0 saturated carbocycles. The molecule has 0 aliphatic rings. The van der Waals surface area contributed by atoms with Gasteiger partial charge in [0.25, 0.3) is 0 Å². The maximum absolute atomic E-state index is 10.9. The van der Waals surface area contributed by atoms with Crippen LogP contribution in [0.25, 0.3) is 0 Å². The summed E-state index contributed by atoms with van der Waals surface area (Å²) in [6, 6.07) is 7.15. The normalized spacial score (nSPS) is 9.80. The molecule has 0 heterocycles. The summed E-state index contributed by atoms with van der Waals surface area (Å²) in [4.78, 5) is 10.9. The van der Waals surface area contributed by atoms with Gasteiger partial charge in [-0.1, -0.05) is 5.92 Å². The minimum atomic E-state index is -0.0980. The van der Waals surface area contributed by atoms with Gasteiger partial charge in [-0.3, -0.25) is 4.79 Å². The van der Waals surface area contributed by atoms with E-state index in [0.717, 1.165) is 11.4 Å². The van der Waals surface area contributed by atoms with Gasteiger partial charge >= 0.3 is 0 Å². The highest BCUT2D eigenvalue weighted by Gasteiger charge is 1.97. The van der Waals surface area contributed by atoms with Gasteiger partial charge in [-0.25, -0.2) is 0 Å². The van der Waals surface area contributed by atoms with Crippen LogP contribution < -0.4 is 10.1 Å². The van der Waals surface area contributed by atoms with Crippen molar-refractivity contribution in [2.45, 2.75) is 6.92 Å². The second-order valence-electron chi connectivity index (χ2n) is 3.92. The number of hydrogen-bond donors (Lipinski definition) is 1. The molecule has 0 unspecified atom stereocenters. The Balaban J connectivity index is 2.10. The number of amides is 1. The van der Waals surface area contributed by atoms with Crippen LogP contribution in [0.3, 0.4) is 0 Å². The number of carbonyl (C=O) groups excluding carboxylic acids is 1. The molecule has 0 spiro atoms. The van der Waals surface area contributed by atoms with Crippen LogP contribution in [0.1, 0.15) is 6.92 Å². The number of benzene rings is 1. The van der Waals surface area contributed by atoms with Gasteiger partial charge in [-0.05, 0) is 24.3 Å². The molecular formula is C15H19NO4. The summed E-state index contributed by atoms with van der Waals surface area (Å²) < 4.78 is 15.8. The number of carbonyl (C=O) groups is 1. The maximum Gasteiger partial charge on any atom is 0.221 e. The van der Waals surface area contributed by atoms with Crippen molar-refractivity contribution in [1.82, 2.24) is 0 Å². The van der Waals surface area contributed by atoms with E-state index in [1.165, 1.54) is 6.92 Å². The fraction of sp³-hybridized carbons (Fsp3) is 0.400. The smallest absolute Gasteiger partial charge is 0.221 e. The molecule has 1 aromatic rings. The Morgan fingerprint density at radius 3 is 2.45 bits per heavy atom. The Bertz CT molecular complexity index is 436.